The molecule has 1 heterocycles. The third-order valence-electron chi connectivity index (χ3n) is 4.61. The topological polar surface area (TPSA) is 63.5 Å². The molecule has 1 N–H and O–H groups in total. The van der Waals surface area contributed by atoms with E-state index in [4.69, 9.17) is 0 Å². The van der Waals surface area contributed by atoms with E-state index in [0.29, 0.717) is 11.3 Å². The lowest BCUT2D eigenvalue weighted by atomic mass is 9.95. The number of fused-ring (bicyclic) bond motifs is 1. The molecule has 1 saturated carbocycles. The Morgan fingerprint density at radius 1 is 1.32 bits per heavy atom. The third kappa shape index (κ3) is 5.54. The summed E-state index contributed by atoms with van der Waals surface area (Å²) in [6.07, 6.45) is 7.37. The molecule has 8 heteroatoms. The van der Waals surface area contributed by atoms with Crippen molar-refractivity contribution in [3.05, 3.63) is 41.5 Å². The zero-order chi connectivity index (χ0) is 19.9. The zero-order valence-corrected chi connectivity index (χ0v) is 17.3. The van der Waals surface area contributed by atoms with Crippen LogP contribution in [0.3, 0.4) is 0 Å². The lowest BCUT2D eigenvalue weighted by molar-refractivity contribution is -0.119. The molecular weight excluding hydrogens is 397 g/mol. The Morgan fingerprint density at radius 3 is 2.86 bits per heavy atom. The maximum absolute atomic E-state index is 13.5. The Bertz CT molecular complexity index is 929. The van der Waals surface area contributed by atoms with E-state index in [2.05, 4.69) is 16.9 Å². The number of nitrogens with one attached hydrogen (secondary N) is 1. The van der Waals surface area contributed by atoms with Gasteiger partial charge in [0.05, 0.1) is 21.7 Å². The molecule has 0 unspecified atom stereocenters. The van der Waals surface area contributed by atoms with Crippen molar-refractivity contribution in [1.82, 2.24) is 9.88 Å². The molecule has 0 saturated heterocycles. The number of rotatable bonds is 7. The van der Waals surface area contributed by atoms with Gasteiger partial charge in [0.2, 0.25) is 5.91 Å². The van der Waals surface area contributed by atoms with Crippen LogP contribution in [0.1, 0.15) is 32.1 Å². The summed E-state index contributed by atoms with van der Waals surface area (Å²) in [5, 5.41) is 3.04. The van der Waals surface area contributed by atoms with Crippen LogP contribution in [0.2, 0.25) is 0 Å². The minimum atomic E-state index is -0.322. The van der Waals surface area contributed by atoms with Gasteiger partial charge in [0.25, 0.3) is 5.91 Å². The van der Waals surface area contributed by atoms with E-state index in [-0.39, 0.29) is 35.2 Å². The molecule has 0 aliphatic heterocycles. The predicted octanol–water partition coefficient (Wildman–Crippen LogP) is 3.64. The fraction of sp³-hybridized carbons (Fsp3) is 0.450. The number of hydrogen-bond donors (Lipinski definition) is 1. The quantitative estimate of drug-likeness (QED) is 0.695. The summed E-state index contributed by atoms with van der Waals surface area (Å²) in [4.78, 5) is 29.0. The van der Waals surface area contributed by atoms with Crippen molar-refractivity contribution >= 4 is 45.1 Å². The second kappa shape index (κ2) is 10.0. The molecule has 1 aromatic carbocycles. The SMILES string of the molecule is C=CCn1c(=NC(=O)CSCC(=O)NC2CCCCC2)sc2cc(F)ccc21. The summed E-state index contributed by atoms with van der Waals surface area (Å²) in [6, 6.07) is 4.78. The van der Waals surface area contributed by atoms with Gasteiger partial charge in [-0.3, -0.25) is 9.59 Å². The predicted molar refractivity (Wildman–Crippen MR) is 113 cm³/mol. The molecule has 0 bridgehead atoms. The highest BCUT2D eigenvalue weighted by atomic mass is 32.2. The van der Waals surface area contributed by atoms with E-state index in [1.54, 1.807) is 12.1 Å². The first-order chi connectivity index (χ1) is 13.6. The van der Waals surface area contributed by atoms with Crippen LogP contribution < -0.4 is 10.1 Å². The second-order valence-corrected chi connectivity index (χ2v) is 8.79. The van der Waals surface area contributed by atoms with Gasteiger partial charge in [-0.05, 0) is 31.0 Å². The van der Waals surface area contributed by atoms with Crippen LogP contribution >= 0.6 is 23.1 Å². The van der Waals surface area contributed by atoms with Crippen LogP contribution in [-0.4, -0.2) is 33.9 Å². The number of hydrogen-bond acceptors (Lipinski definition) is 4. The summed E-state index contributed by atoms with van der Waals surface area (Å²) in [5.74, 6) is -0.266. The number of allylic oxidation sites excluding steroid dienone is 1. The van der Waals surface area contributed by atoms with Gasteiger partial charge in [-0.1, -0.05) is 36.7 Å². The van der Waals surface area contributed by atoms with E-state index in [0.717, 1.165) is 23.1 Å². The van der Waals surface area contributed by atoms with Gasteiger partial charge in [0.15, 0.2) is 4.80 Å². The van der Waals surface area contributed by atoms with Crippen LogP contribution in [0.15, 0.2) is 35.8 Å². The van der Waals surface area contributed by atoms with Crippen molar-refractivity contribution in [3.8, 4) is 0 Å². The zero-order valence-electron chi connectivity index (χ0n) is 15.7. The number of carbonyl (C=O) groups is 2. The standard InChI is InChI=1S/C20H24FN3O2S2/c1-2-10-24-16-9-8-14(21)11-17(16)28-20(24)23-19(26)13-27-12-18(25)22-15-6-4-3-5-7-15/h2,8-9,11,15H,1,3-7,10,12-13H2,(H,22,25). The summed E-state index contributed by atoms with van der Waals surface area (Å²) < 4.78 is 16.0. The van der Waals surface area contributed by atoms with E-state index >= 15 is 0 Å². The molecule has 0 radical (unpaired) electrons. The Hall–Kier alpha value is -1.93. The fourth-order valence-electron chi connectivity index (χ4n) is 3.32. The van der Waals surface area contributed by atoms with Gasteiger partial charge < -0.3 is 9.88 Å². The van der Waals surface area contributed by atoms with Crippen molar-refractivity contribution in [2.75, 3.05) is 11.5 Å². The van der Waals surface area contributed by atoms with Crippen molar-refractivity contribution in [2.45, 2.75) is 44.7 Å². The average Bonchev–Trinajstić information content (AvgIpc) is 2.99. The fourth-order valence-corrected chi connectivity index (χ4v) is 5.02. The van der Waals surface area contributed by atoms with Gasteiger partial charge in [-0.25, -0.2) is 4.39 Å². The maximum Gasteiger partial charge on any atom is 0.258 e. The van der Waals surface area contributed by atoms with Crippen molar-refractivity contribution in [3.63, 3.8) is 0 Å². The Balaban J connectivity index is 1.60. The molecule has 3 rings (SSSR count). The average molecular weight is 422 g/mol. The Kier molecular flexibility index (Phi) is 7.44. The number of thioether (sulfide) groups is 1. The number of nitrogens with zero attached hydrogens (tertiary/aromatic N) is 2. The summed E-state index contributed by atoms with van der Waals surface area (Å²) in [5.41, 5.74) is 0.817. The molecule has 5 nitrogen and oxygen atoms in total. The first-order valence-electron chi connectivity index (χ1n) is 9.41. The highest BCUT2D eigenvalue weighted by molar-refractivity contribution is 8.00. The van der Waals surface area contributed by atoms with E-state index in [1.807, 2.05) is 4.57 Å². The van der Waals surface area contributed by atoms with E-state index < -0.39 is 0 Å². The molecule has 0 spiro atoms. The summed E-state index contributed by atoms with van der Waals surface area (Å²) in [7, 11) is 0. The van der Waals surface area contributed by atoms with Gasteiger partial charge in [-0.2, -0.15) is 4.99 Å². The van der Waals surface area contributed by atoms with Crippen molar-refractivity contribution in [1.29, 1.82) is 0 Å². The van der Waals surface area contributed by atoms with Gasteiger partial charge in [0, 0.05) is 12.6 Å². The summed E-state index contributed by atoms with van der Waals surface area (Å²) >= 11 is 2.53. The minimum absolute atomic E-state index is 0.0243. The monoisotopic (exact) mass is 421 g/mol. The van der Waals surface area contributed by atoms with Crippen molar-refractivity contribution < 1.29 is 14.0 Å². The number of halogens is 1. The molecule has 2 amide bonds. The van der Waals surface area contributed by atoms with E-state index in [1.165, 1.54) is 54.5 Å². The third-order valence-corrected chi connectivity index (χ3v) is 6.56. The Morgan fingerprint density at radius 2 is 2.11 bits per heavy atom. The molecule has 150 valence electrons. The number of benzene rings is 1. The number of aromatic nitrogens is 1. The molecular formula is C20H24FN3O2S2. The highest BCUT2D eigenvalue weighted by Crippen LogP contribution is 2.19. The normalized spacial score (nSPS) is 15.7. The van der Waals surface area contributed by atoms with Gasteiger partial charge in [-0.15, -0.1) is 18.3 Å². The second-order valence-electron chi connectivity index (χ2n) is 6.80. The van der Waals surface area contributed by atoms with Gasteiger partial charge >= 0.3 is 0 Å². The molecule has 1 aromatic heterocycles. The summed E-state index contributed by atoms with van der Waals surface area (Å²) in [6.45, 7) is 4.21. The largest absolute Gasteiger partial charge is 0.353 e. The molecule has 1 aliphatic carbocycles. The molecule has 0 atom stereocenters. The smallest absolute Gasteiger partial charge is 0.258 e. The van der Waals surface area contributed by atoms with Crippen LogP contribution in [0.25, 0.3) is 10.2 Å². The number of thiazole rings is 1. The van der Waals surface area contributed by atoms with Crippen molar-refractivity contribution in [2.24, 2.45) is 4.99 Å². The van der Waals surface area contributed by atoms with Crippen LogP contribution in [-0.2, 0) is 16.1 Å². The van der Waals surface area contributed by atoms with Crippen LogP contribution in [0.5, 0.6) is 0 Å². The van der Waals surface area contributed by atoms with Crippen LogP contribution in [0.4, 0.5) is 4.39 Å². The lowest BCUT2D eigenvalue weighted by Crippen LogP contribution is -2.37. The molecule has 1 fully saturated rings. The molecule has 1 aliphatic rings. The lowest BCUT2D eigenvalue weighted by Gasteiger charge is -2.22. The number of carbonyl (C=O) groups excluding carboxylic acids is 2. The maximum atomic E-state index is 13.5. The molecule has 28 heavy (non-hydrogen) atoms. The minimum Gasteiger partial charge on any atom is -0.353 e. The first-order valence-corrected chi connectivity index (χ1v) is 11.4. The number of amides is 2. The highest BCUT2D eigenvalue weighted by Gasteiger charge is 2.16. The Labute approximate surface area is 171 Å². The van der Waals surface area contributed by atoms with Crippen LogP contribution in [0, 0.1) is 5.82 Å². The van der Waals surface area contributed by atoms with E-state index in [9.17, 15) is 14.0 Å². The van der Waals surface area contributed by atoms with Gasteiger partial charge in [0.1, 0.15) is 5.82 Å². The molecule has 2 aromatic rings. The first kappa shape index (κ1) is 20.8.